The molecule has 0 radical (unpaired) electrons. The third-order valence-corrected chi connectivity index (χ3v) is 2.56. The van der Waals surface area contributed by atoms with Crippen LogP contribution in [-0.2, 0) is 6.61 Å². The second kappa shape index (κ2) is 4.86. The van der Waals surface area contributed by atoms with Gasteiger partial charge in [0.2, 0.25) is 0 Å². The Labute approximate surface area is 91.4 Å². The Kier molecular flexibility index (Phi) is 3.26. The van der Waals surface area contributed by atoms with Crippen LogP contribution in [0.2, 0.25) is 0 Å². The van der Waals surface area contributed by atoms with Crippen molar-refractivity contribution in [1.29, 1.82) is 0 Å². The molecule has 0 fully saturated rings. The van der Waals surface area contributed by atoms with Crippen molar-refractivity contribution in [3.63, 3.8) is 0 Å². The van der Waals surface area contributed by atoms with Crippen LogP contribution in [0.15, 0.2) is 47.0 Å². The molecule has 0 bridgehead atoms. The molecule has 0 saturated carbocycles. The molecule has 15 heavy (non-hydrogen) atoms. The van der Waals surface area contributed by atoms with Gasteiger partial charge in [0.25, 0.3) is 0 Å². The zero-order valence-corrected chi connectivity index (χ0v) is 8.68. The second-order valence-corrected chi connectivity index (χ2v) is 3.78. The molecular weight excluding hydrogens is 210 g/mol. The molecule has 1 N–H and O–H groups in total. The Morgan fingerprint density at radius 2 is 1.93 bits per heavy atom. The van der Waals surface area contributed by atoms with Gasteiger partial charge in [-0.3, -0.25) is 0 Å². The summed E-state index contributed by atoms with van der Waals surface area (Å²) in [5, 5.41) is 10.3. The van der Waals surface area contributed by atoms with Gasteiger partial charge in [-0.2, -0.15) is 0 Å². The van der Waals surface area contributed by atoms with Crippen LogP contribution in [-0.4, -0.2) is 20.1 Å². The van der Waals surface area contributed by atoms with Crippen molar-refractivity contribution in [3.05, 3.63) is 42.4 Å². The first-order valence-corrected chi connectivity index (χ1v) is 5.21. The highest BCUT2D eigenvalue weighted by Gasteiger charge is 2.00. The molecule has 2 aromatic rings. The SMILES string of the molecule is OCc1ccc(Sc2ncccn2)nc1. The summed E-state index contributed by atoms with van der Waals surface area (Å²) < 4.78 is 0. The van der Waals surface area contributed by atoms with Crippen molar-refractivity contribution in [3.8, 4) is 0 Å². The lowest BCUT2D eigenvalue weighted by atomic mass is 10.3. The Balaban J connectivity index is 2.11. The van der Waals surface area contributed by atoms with E-state index in [1.807, 2.05) is 12.1 Å². The summed E-state index contributed by atoms with van der Waals surface area (Å²) in [5.41, 5.74) is 0.799. The van der Waals surface area contributed by atoms with Crippen molar-refractivity contribution < 1.29 is 5.11 Å². The van der Waals surface area contributed by atoms with Crippen molar-refractivity contribution in [2.75, 3.05) is 0 Å². The molecule has 0 atom stereocenters. The van der Waals surface area contributed by atoms with Gasteiger partial charge in [0.15, 0.2) is 5.16 Å². The number of aromatic nitrogens is 3. The third-order valence-electron chi connectivity index (χ3n) is 1.72. The fourth-order valence-electron chi connectivity index (χ4n) is 0.996. The first-order chi connectivity index (χ1) is 7.38. The highest BCUT2D eigenvalue weighted by Crippen LogP contribution is 2.21. The predicted molar refractivity (Wildman–Crippen MR) is 56.3 cm³/mol. The zero-order valence-electron chi connectivity index (χ0n) is 7.87. The van der Waals surface area contributed by atoms with Gasteiger partial charge in [-0.1, -0.05) is 6.07 Å². The lowest BCUT2D eigenvalue weighted by Gasteiger charge is -1.99. The van der Waals surface area contributed by atoms with Crippen LogP contribution in [0.5, 0.6) is 0 Å². The number of rotatable bonds is 3. The number of aliphatic hydroxyl groups excluding tert-OH is 1. The van der Waals surface area contributed by atoms with E-state index in [-0.39, 0.29) is 6.61 Å². The highest BCUT2D eigenvalue weighted by molar-refractivity contribution is 7.99. The van der Waals surface area contributed by atoms with Crippen LogP contribution in [0.4, 0.5) is 0 Å². The quantitative estimate of drug-likeness (QED) is 0.793. The van der Waals surface area contributed by atoms with Crippen molar-refractivity contribution in [1.82, 2.24) is 15.0 Å². The summed E-state index contributed by atoms with van der Waals surface area (Å²) in [6.07, 6.45) is 5.03. The molecule has 0 saturated heterocycles. The summed E-state index contributed by atoms with van der Waals surface area (Å²) >= 11 is 1.39. The van der Waals surface area contributed by atoms with E-state index in [1.54, 1.807) is 24.7 Å². The van der Waals surface area contributed by atoms with E-state index in [0.29, 0.717) is 5.16 Å². The molecule has 0 aliphatic heterocycles. The maximum atomic E-state index is 8.85. The minimum absolute atomic E-state index is 0.0137. The first-order valence-electron chi connectivity index (χ1n) is 4.39. The number of aliphatic hydroxyl groups is 1. The van der Waals surface area contributed by atoms with E-state index in [4.69, 9.17) is 5.11 Å². The number of hydrogen-bond acceptors (Lipinski definition) is 5. The van der Waals surface area contributed by atoms with Crippen molar-refractivity contribution >= 4 is 11.8 Å². The molecule has 2 aromatic heterocycles. The lowest BCUT2D eigenvalue weighted by molar-refractivity contribution is 0.281. The number of pyridine rings is 1. The monoisotopic (exact) mass is 219 g/mol. The van der Waals surface area contributed by atoms with Crippen LogP contribution in [0.25, 0.3) is 0 Å². The molecule has 76 valence electrons. The van der Waals surface area contributed by atoms with Crippen LogP contribution in [0.3, 0.4) is 0 Å². The summed E-state index contributed by atoms with van der Waals surface area (Å²) in [4.78, 5) is 12.3. The van der Waals surface area contributed by atoms with E-state index < -0.39 is 0 Å². The smallest absolute Gasteiger partial charge is 0.193 e. The molecule has 0 aliphatic carbocycles. The fourth-order valence-corrected chi connectivity index (χ4v) is 1.65. The molecule has 2 rings (SSSR count). The summed E-state index contributed by atoms with van der Waals surface area (Å²) in [6, 6.07) is 5.44. The van der Waals surface area contributed by atoms with Gasteiger partial charge >= 0.3 is 0 Å². The molecule has 0 amide bonds. The Morgan fingerprint density at radius 3 is 2.53 bits per heavy atom. The largest absolute Gasteiger partial charge is 0.392 e. The van der Waals surface area contributed by atoms with Crippen LogP contribution >= 0.6 is 11.8 Å². The lowest BCUT2D eigenvalue weighted by Crippen LogP contribution is -1.88. The van der Waals surface area contributed by atoms with Gasteiger partial charge in [-0.15, -0.1) is 0 Å². The summed E-state index contributed by atoms with van der Waals surface area (Å²) in [6.45, 7) is 0.0137. The van der Waals surface area contributed by atoms with Gasteiger partial charge in [0.05, 0.1) is 6.61 Å². The van der Waals surface area contributed by atoms with Crippen LogP contribution in [0.1, 0.15) is 5.56 Å². The normalized spacial score (nSPS) is 10.2. The number of nitrogens with zero attached hydrogens (tertiary/aromatic N) is 3. The Hall–Kier alpha value is -1.46. The van der Waals surface area contributed by atoms with E-state index >= 15 is 0 Å². The summed E-state index contributed by atoms with van der Waals surface area (Å²) in [7, 11) is 0. The molecule has 0 aliphatic rings. The molecular formula is C10H9N3OS. The zero-order chi connectivity index (χ0) is 10.5. The average molecular weight is 219 g/mol. The van der Waals surface area contributed by atoms with E-state index in [9.17, 15) is 0 Å². The van der Waals surface area contributed by atoms with Crippen LogP contribution in [0, 0.1) is 0 Å². The van der Waals surface area contributed by atoms with Gasteiger partial charge < -0.3 is 5.11 Å². The maximum Gasteiger partial charge on any atom is 0.193 e. The van der Waals surface area contributed by atoms with Gasteiger partial charge in [0.1, 0.15) is 5.03 Å². The van der Waals surface area contributed by atoms with Gasteiger partial charge in [0, 0.05) is 18.6 Å². The third kappa shape index (κ3) is 2.74. The predicted octanol–water partition coefficient (Wildman–Crippen LogP) is 1.52. The Bertz CT molecular complexity index is 418. The highest BCUT2D eigenvalue weighted by atomic mass is 32.2. The first kappa shape index (κ1) is 10.1. The Morgan fingerprint density at radius 1 is 1.13 bits per heavy atom. The topological polar surface area (TPSA) is 58.9 Å². The molecule has 5 heteroatoms. The molecule has 2 heterocycles. The molecule has 4 nitrogen and oxygen atoms in total. The van der Waals surface area contributed by atoms with E-state index in [1.165, 1.54) is 11.8 Å². The molecule has 0 unspecified atom stereocenters. The van der Waals surface area contributed by atoms with Crippen molar-refractivity contribution in [2.24, 2.45) is 0 Å². The standard InChI is InChI=1S/C10H9N3OS/c14-7-8-2-3-9(13-6-8)15-10-11-4-1-5-12-10/h1-6,14H,7H2. The minimum atomic E-state index is 0.0137. The maximum absolute atomic E-state index is 8.85. The fraction of sp³-hybridized carbons (Fsp3) is 0.100. The summed E-state index contributed by atoms with van der Waals surface area (Å²) in [5.74, 6) is 0. The molecule has 0 spiro atoms. The van der Waals surface area contributed by atoms with E-state index in [0.717, 1.165) is 10.6 Å². The number of hydrogen-bond donors (Lipinski definition) is 1. The minimum Gasteiger partial charge on any atom is -0.392 e. The van der Waals surface area contributed by atoms with Crippen molar-refractivity contribution in [2.45, 2.75) is 16.8 Å². The van der Waals surface area contributed by atoms with Gasteiger partial charge in [-0.25, -0.2) is 15.0 Å². The van der Waals surface area contributed by atoms with Gasteiger partial charge in [-0.05, 0) is 29.5 Å². The average Bonchev–Trinajstić information content (AvgIpc) is 2.31. The second-order valence-electron chi connectivity index (χ2n) is 2.80. The molecule has 0 aromatic carbocycles. The van der Waals surface area contributed by atoms with Crippen LogP contribution < -0.4 is 0 Å². The van der Waals surface area contributed by atoms with E-state index in [2.05, 4.69) is 15.0 Å².